The van der Waals surface area contributed by atoms with E-state index in [2.05, 4.69) is 10.6 Å². The fourth-order valence-electron chi connectivity index (χ4n) is 1.12. The van der Waals surface area contributed by atoms with E-state index in [1.54, 1.807) is 0 Å². The number of carboxylic acid groups (broad SMARTS) is 1. The second kappa shape index (κ2) is 4.92. The lowest BCUT2D eigenvalue weighted by Gasteiger charge is -2.26. The first-order chi connectivity index (χ1) is 6.59. The zero-order chi connectivity index (χ0) is 10.6. The number of carbonyl (C=O) groups excluding carboxylic acids is 1. The number of aliphatic hydroxyl groups excluding tert-OH is 1. The Bertz CT molecular complexity index is 227. The standard InChI is InChI=1S/C8H14N2O4/c11-6(8(13)14)4-10-7(12)1-5-2-9-3-5/h5-6,9,11H,1-4H2,(H,10,12)(H,13,14). The van der Waals surface area contributed by atoms with Gasteiger partial charge >= 0.3 is 5.97 Å². The van der Waals surface area contributed by atoms with Crippen LogP contribution in [0.1, 0.15) is 6.42 Å². The minimum Gasteiger partial charge on any atom is -0.479 e. The Balaban J connectivity index is 2.10. The van der Waals surface area contributed by atoms with E-state index in [9.17, 15) is 9.59 Å². The highest BCUT2D eigenvalue weighted by atomic mass is 16.4. The third-order valence-electron chi connectivity index (χ3n) is 2.12. The van der Waals surface area contributed by atoms with Crippen molar-refractivity contribution in [2.75, 3.05) is 19.6 Å². The van der Waals surface area contributed by atoms with Crippen molar-refractivity contribution in [1.29, 1.82) is 0 Å². The van der Waals surface area contributed by atoms with E-state index in [0.29, 0.717) is 12.3 Å². The molecule has 1 aliphatic rings. The van der Waals surface area contributed by atoms with Gasteiger partial charge in [0.25, 0.3) is 0 Å². The number of carboxylic acids is 1. The third-order valence-corrected chi connectivity index (χ3v) is 2.12. The van der Waals surface area contributed by atoms with Crippen LogP contribution >= 0.6 is 0 Å². The summed E-state index contributed by atoms with van der Waals surface area (Å²) < 4.78 is 0. The fourth-order valence-corrected chi connectivity index (χ4v) is 1.12. The molecule has 1 aliphatic heterocycles. The molecular weight excluding hydrogens is 188 g/mol. The van der Waals surface area contributed by atoms with Crippen molar-refractivity contribution >= 4 is 11.9 Å². The molecule has 6 nitrogen and oxygen atoms in total. The van der Waals surface area contributed by atoms with E-state index in [0.717, 1.165) is 13.1 Å². The summed E-state index contributed by atoms with van der Waals surface area (Å²) in [6.07, 6.45) is -1.13. The highest BCUT2D eigenvalue weighted by Gasteiger charge is 2.21. The predicted octanol–water partition coefficient (Wildman–Crippen LogP) is -1.84. The molecule has 1 atom stereocenters. The molecule has 1 fully saturated rings. The van der Waals surface area contributed by atoms with Gasteiger partial charge < -0.3 is 20.8 Å². The van der Waals surface area contributed by atoms with Crippen molar-refractivity contribution < 1.29 is 19.8 Å². The first-order valence-electron chi connectivity index (χ1n) is 4.48. The minimum absolute atomic E-state index is 0.211. The number of aliphatic hydroxyl groups is 1. The van der Waals surface area contributed by atoms with Crippen LogP contribution in [0.2, 0.25) is 0 Å². The Morgan fingerprint density at radius 2 is 2.14 bits per heavy atom. The Morgan fingerprint density at radius 3 is 2.57 bits per heavy atom. The SMILES string of the molecule is O=C(CC1CNC1)NCC(O)C(=O)O. The fraction of sp³-hybridized carbons (Fsp3) is 0.750. The molecule has 1 amide bonds. The Hall–Kier alpha value is -1.14. The highest BCUT2D eigenvalue weighted by Crippen LogP contribution is 2.07. The molecule has 0 aromatic heterocycles. The number of hydrogen-bond donors (Lipinski definition) is 4. The van der Waals surface area contributed by atoms with E-state index >= 15 is 0 Å². The van der Waals surface area contributed by atoms with E-state index < -0.39 is 12.1 Å². The zero-order valence-corrected chi connectivity index (χ0v) is 7.69. The molecule has 0 aliphatic carbocycles. The second-order valence-corrected chi connectivity index (χ2v) is 3.39. The largest absolute Gasteiger partial charge is 0.479 e. The molecule has 1 saturated heterocycles. The van der Waals surface area contributed by atoms with Crippen LogP contribution in [0.3, 0.4) is 0 Å². The van der Waals surface area contributed by atoms with Crippen LogP contribution in [0.15, 0.2) is 0 Å². The van der Waals surface area contributed by atoms with Crippen molar-refractivity contribution in [2.45, 2.75) is 12.5 Å². The van der Waals surface area contributed by atoms with Gasteiger partial charge in [-0.15, -0.1) is 0 Å². The lowest BCUT2D eigenvalue weighted by atomic mass is 9.99. The van der Waals surface area contributed by atoms with Gasteiger partial charge in [0.05, 0.1) is 6.54 Å². The Morgan fingerprint density at radius 1 is 1.50 bits per heavy atom. The smallest absolute Gasteiger partial charge is 0.334 e. The quantitative estimate of drug-likeness (QED) is 0.420. The molecule has 0 spiro atoms. The lowest BCUT2D eigenvalue weighted by molar-refractivity contribution is -0.146. The minimum atomic E-state index is -1.52. The molecule has 80 valence electrons. The maximum Gasteiger partial charge on any atom is 0.334 e. The van der Waals surface area contributed by atoms with Gasteiger partial charge in [0.15, 0.2) is 6.10 Å². The summed E-state index contributed by atoms with van der Waals surface area (Å²) in [7, 11) is 0. The van der Waals surface area contributed by atoms with E-state index in [4.69, 9.17) is 10.2 Å². The number of rotatable bonds is 5. The number of hydrogen-bond acceptors (Lipinski definition) is 4. The third kappa shape index (κ3) is 3.31. The molecule has 4 N–H and O–H groups in total. The van der Waals surface area contributed by atoms with Gasteiger partial charge in [-0.25, -0.2) is 4.79 Å². The number of amides is 1. The maximum atomic E-state index is 11.1. The molecular formula is C8H14N2O4. The summed E-state index contributed by atoms with van der Waals surface area (Å²) in [5.41, 5.74) is 0. The van der Waals surface area contributed by atoms with Crippen molar-refractivity contribution in [2.24, 2.45) is 5.92 Å². The van der Waals surface area contributed by atoms with Crippen molar-refractivity contribution in [1.82, 2.24) is 10.6 Å². The van der Waals surface area contributed by atoms with Crippen LogP contribution in [0.25, 0.3) is 0 Å². The number of carbonyl (C=O) groups is 2. The predicted molar refractivity (Wildman–Crippen MR) is 47.6 cm³/mol. The first kappa shape index (κ1) is 10.9. The molecule has 1 heterocycles. The van der Waals surface area contributed by atoms with Crippen LogP contribution in [-0.4, -0.2) is 47.8 Å². The summed E-state index contributed by atoms with van der Waals surface area (Å²) in [5, 5.41) is 22.6. The van der Waals surface area contributed by atoms with Gasteiger partial charge in [-0.05, 0) is 19.0 Å². The molecule has 14 heavy (non-hydrogen) atoms. The molecule has 1 rings (SSSR count). The first-order valence-corrected chi connectivity index (χ1v) is 4.48. The monoisotopic (exact) mass is 202 g/mol. The van der Waals surface area contributed by atoms with Gasteiger partial charge in [-0.3, -0.25) is 4.79 Å². The zero-order valence-electron chi connectivity index (χ0n) is 7.69. The number of nitrogens with one attached hydrogen (secondary N) is 2. The molecule has 1 unspecified atom stereocenters. The molecule has 0 radical (unpaired) electrons. The highest BCUT2D eigenvalue weighted by molar-refractivity contribution is 5.78. The molecule has 0 saturated carbocycles. The van der Waals surface area contributed by atoms with Crippen LogP contribution < -0.4 is 10.6 Å². The van der Waals surface area contributed by atoms with Crippen molar-refractivity contribution in [3.63, 3.8) is 0 Å². The summed E-state index contributed by atoms with van der Waals surface area (Å²) in [6.45, 7) is 1.43. The van der Waals surface area contributed by atoms with Gasteiger partial charge in [0.2, 0.25) is 5.91 Å². The van der Waals surface area contributed by atoms with Gasteiger partial charge in [0.1, 0.15) is 0 Å². The Labute approximate surface area is 81.3 Å². The average Bonchev–Trinajstić information content (AvgIpc) is 2.07. The van der Waals surface area contributed by atoms with Crippen LogP contribution in [0, 0.1) is 5.92 Å². The van der Waals surface area contributed by atoms with Crippen LogP contribution in [0.5, 0.6) is 0 Å². The van der Waals surface area contributed by atoms with Gasteiger partial charge in [-0.2, -0.15) is 0 Å². The summed E-state index contributed by atoms with van der Waals surface area (Å²) >= 11 is 0. The number of aliphatic carboxylic acids is 1. The van der Waals surface area contributed by atoms with E-state index in [1.807, 2.05) is 0 Å². The topological polar surface area (TPSA) is 98.7 Å². The molecule has 6 heteroatoms. The second-order valence-electron chi connectivity index (χ2n) is 3.39. The lowest BCUT2D eigenvalue weighted by Crippen LogP contribution is -2.45. The summed E-state index contributed by atoms with van der Waals surface area (Å²) in [5.74, 6) is -1.19. The Kier molecular flexibility index (Phi) is 3.84. The summed E-state index contributed by atoms with van der Waals surface area (Å²) in [6, 6.07) is 0. The maximum absolute atomic E-state index is 11.1. The van der Waals surface area contributed by atoms with E-state index in [-0.39, 0.29) is 12.5 Å². The van der Waals surface area contributed by atoms with Crippen LogP contribution in [-0.2, 0) is 9.59 Å². The van der Waals surface area contributed by atoms with Crippen molar-refractivity contribution in [3.8, 4) is 0 Å². The van der Waals surface area contributed by atoms with Gasteiger partial charge in [-0.1, -0.05) is 0 Å². The molecule has 0 aromatic carbocycles. The van der Waals surface area contributed by atoms with Gasteiger partial charge in [0, 0.05) is 6.42 Å². The summed E-state index contributed by atoms with van der Waals surface area (Å²) in [4.78, 5) is 21.3. The van der Waals surface area contributed by atoms with Crippen LogP contribution in [0.4, 0.5) is 0 Å². The average molecular weight is 202 g/mol. The van der Waals surface area contributed by atoms with Crippen molar-refractivity contribution in [3.05, 3.63) is 0 Å². The molecule has 0 bridgehead atoms. The van der Waals surface area contributed by atoms with E-state index in [1.165, 1.54) is 0 Å². The molecule has 0 aromatic rings. The normalized spacial score (nSPS) is 18.4.